The summed E-state index contributed by atoms with van der Waals surface area (Å²) in [7, 11) is 0. The molecular weight excluding hydrogens is 256 g/mol. The van der Waals surface area contributed by atoms with E-state index in [1.807, 2.05) is 13.8 Å². The van der Waals surface area contributed by atoms with Gasteiger partial charge in [-0.15, -0.1) is 0 Å². The average Bonchev–Trinajstić information content (AvgIpc) is 3.20. The molecule has 1 saturated heterocycles. The molecule has 2 rings (SSSR count). The van der Waals surface area contributed by atoms with Gasteiger partial charge in [0.1, 0.15) is 5.54 Å². The van der Waals surface area contributed by atoms with Gasteiger partial charge in [0, 0.05) is 19.5 Å². The number of amides is 2. The van der Waals surface area contributed by atoms with Crippen molar-refractivity contribution < 1.29 is 14.3 Å². The monoisotopic (exact) mass is 280 g/mol. The number of rotatable bonds is 6. The maximum Gasteiger partial charge on any atom is 0.248 e. The molecule has 0 aromatic heterocycles. The van der Waals surface area contributed by atoms with E-state index in [1.54, 1.807) is 4.90 Å². The highest BCUT2D eigenvalue weighted by Gasteiger charge is 2.50. The van der Waals surface area contributed by atoms with Crippen LogP contribution in [-0.2, 0) is 14.3 Å². The summed E-state index contributed by atoms with van der Waals surface area (Å²) in [5, 5.41) is 2.92. The average molecular weight is 280 g/mol. The quantitative estimate of drug-likeness (QED) is 0.585. The Morgan fingerprint density at radius 3 is 2.80 bits per heavy atom. The fourth-order valence-corrected chi connectivity index (χ4v) is 2.64. The molecule has 0 aromatic rings. The molecule has 1 aliphatic heterocycles. The largest absolute Gasteiger partial charge is 0.375 e. The summed E-state index contributed by atoms with van der Waals surface area (Å²) in [6.45, 7) is 9.54. The summed E-state index contributed by atoms with van der Waals surface area (Å²) in [5.41, 5.74) is 0.244. The molecule has 2 aliphatic rings. The zero-order chi connectivity index (χ0) is 14.8. The molecule has 1 saturated carbocycles. The topological polar surface area (TPSA) is 58.6 Å². The lowest BCUT2D eigenvalue weighted by molar-refractivity contribution is -0.139. The summed E-state index contributed by atoms with van der Waals surface area (Å²) in [6, 6.07) is 0. The maximum absolute atomic E-state index is 12.7. The summed E-state index contributed by atoms with van der Waals surface area (Å²) in [6.07, 6.45) is 2.40. The van der Waals surface area contributed by atoms with Crippen LogP contribution in [0.25, 0.3) is 0 Å². The molecule has 20 heavy (non-hydrogen) atoms. The second-order valence-electron chi connectivity index (χ2n) is 6.08. The lowest BCUT2D eigenvalue weighted by Gasteiger charge is -2.32. The highest BCUT2D eigenvalue weighted by Crippen LogP contribution is 2.41. The molecule has 1 aliphatic carbocycles. The summed E-state index contributed by atoms with van der Waals surface area (Å²) >= 11 is 0. The van der Waals surface area contributed by atoms with Crippen molar-refractivity contribution in [1.82, 2.24) is 10.2 Å². The van der Waals surface area contributed by atoms with E-state index in [2.05, 4.69) is 11.9 Å². The summed E-state index contributed by atoms with van der Waals surface area (Å²) in [4.78, 5) is 26.2. The third-order valence-electron chi connectivity index (χ3n) is 3.99. The van der Waals surface area contributed by atoms with Crippen LogP contribution in [0.3, 0.4) is 0 Å². The van der Waals surface area contributed by atoms with E-state index in [1.165, 1.54) is 0 Å². The Bertz CT molecular complexity index is 417. The van der Waals surface area contributed by atoms with Gasteiger partial charge >= 0.3 is 0 Å². The van der Waals surface area contributed by atoms with Crippen molar-refractivity contribution in [2.24, 2.45) is 5.92 Å². The number of nitrogens with zero attached hydrogens (tertiary/aromatic N) is 1. The Kier molecular flexibility index (Phi) is 4.48. The van der Waals surface area contributed by atoms with Crippen molar-refractivity contribution in [3.8, 4) is 0 Å². The van der Waals surface area contributed by atoms with Crippen molar-refractivity contribution >= 4 is 11.8 Å². The minimum atomic E-state index is -0.720. The van der Waals surface area contributed by atoms with Gasteiger partial charge in [-0.1, -0.05) is 12.2 Å². The van der Waals surface area contributed by atoms with Crippen LogP contribution in [0.15, 0.2) is 12.2 Å². The van der Waals surface area contributed by atoms with Crippen LogP contribution >= 0.6 is 0 Å². The van der Waals surface area contributed by atoms with Gasteiger partial charge in [0.05, 0.1) is 13.2 Å². The van der Waals surface area contributed by atoms with Crippen LogP contribution < -0.4 is 5.32 Å². The SMILES string of the molecule is C=C(C)COCCN1CCC(=O)NC(C)(C2CC2)C1=O. The van der Waals surface area contributed by atoms with E-state index < -0.39 is 5.54 Å². The Morgan fingerprint density at radius 1 is 1.50 bits per heavy atom. The van der Waals surface area contributed by atoms with Crippen LogP contribution in [-0.4, -0.2) is 48.6 Å². The van der Waals surface area contributed by atoms with Gasteiger partial charge in [-0.05, 0) is 32.6 Å². The molecule has 112 valence electrons. The van der Waals surface area contributed by atoms with E-state index in [4.69, 9.17) is 4.74 Å². The van der Waals surface area contributed by atoms with Gasteiger partial charge in [-0.2, -0.15) is 0 Å². The normalized spacial score (nSPS) is 27.2. The maximum atomic E-state index is 12.7. The van der Waals surface area contributed by atoms with Gasteiger partial charge in [0.25, 0.3) is 0 Å². The first-order valence-electron chi connectivity index (χ1n) is 7.26. The van der Waals surface area contributed by atoms with Crippen molar-refractivity contribution in [2.75, 3.05) is 26.3 Å². The molecule has 5 nitrogen and oxygen atoms in total. The van der Waals surface area contributed by atoms with E-state index in [0.29, 0.717) is 32.7 Å². The molecule has 5 heteroatoms. The number of ether oxygens (including phenoxy) is 1. The second-order valence-corrected chi connectivity index (χ2v) is 6.08. The Morgan fingerprint density at radius 2 is 2.20 bits per heavy atom. The van der Waals surface area contributed by atoms with Crippen LogP contribution in [0.4, 0.5) is 0 Å². The van der Waals surface area contributed by atoms with E-state index in [0.717, 1.165) is 18.4 Å². The molecule has 2 amide bonds. The van der Waals surface area contributed by atoms with E-state index >= 15 is 0 Å². The van der Waals surface area contributed by atoms with Crippen molar-refractivity contribution in [1.29, 1.82) is 0 Å². The van der Waals surface area contributed by atoms with Crippen LogP contribution in [0.1, 0.15) is 33.1 Å². The number of nitrogens with one attached hydrogen (secondary N) is 1. The summed E-state index contributed by atoms with van der Waals surface area (Å²) in [5.74, 6) is 0.291. The molecule has 0 radical (unpaired) electrons. The first-order chi connectivity index (χ1) is 9.43. The molecule has 1 heterocycles. The highest BCUT2D eigenvalue weighted by molar-refractivity contribution is 5.93. The lowest BCUT2D eigenvalue weighted by Crippen LogP contribution is -2.57. The Labute approximate surface area is 120 Å². The molecule has 1 unspecified atom stereocenters. The van der Waals surface area contributed by atoms with Gasteiger partial charge in [-0.25, -0.2) is 0 Å². The Hall–Kier alpha value is -1.36. The number of hydrogen-bond donors (Lipinski definition) is 1. The lowest BCUT2D eigenvalue weighted by atomic mass is 9.94. The van der Waals surface area contributed by atoms with Crippen LogP contribution in [0, 0.1) is 5.92 Å². The molecule has 1 N–H and O–H groups in total. The predicted octanol–water partition coefficient (Wildman–Crippen LogP) is 1.10. The van der Waals surface area contributed by atoms with E-state index in [-0.39, 0.29) is 17.7 Å². The minimum Gasteiger partial charge on any atom is -0.375 e. The zero-order valence-electron chi connectivity index (χ0n) is 12.4. The van der Waals surface area contributed by atoms with Crippen molar-refractivity contribution in [3.05, 3.63) is 12.2 Å². The first-order valence-corrected chi connectivity index (χ1v) is 7.26. The Balaban J connectivity index is 1.95. The first kappa shape index (κ1) is 15.0. The van der Waals surface area contributed by atoms with Gasteiger partial charge < -0.3 is 15.0 Å². The number of carbonyl (C=O) groups excluding carboxylic acids is 2. The van der Waals surface area contributed by atoms with Crippen LogP contribution in [0.2, 0.25) is 0 Å². The fourth-order valence-electron chi connectivity index (χ4n) is 2.64. The van der Waals surface area contributed by atoms with Gasteiger partial charge in [0.15, 0.2) is 0 Å². The molecule has 0 spiro atoms. The highest BCUT2D eigenvalue weighted by atomic mass is 16.5. The fraction of sp³-hybridized carbons (Fsp3) is 0.733. The zero-order valence-corrected chi connectivity index (χ0v) is 12.4. The molecule has 1 atom stereocenters. The summed E-state index contributed by atoms with van der Waals surface area (Å²) < 4.78 is 5.46. The van der Waals surface area contributed by atoms with Gasteiger partial charge in [0.2, 0.25) is 11.8 Å². The third kappa shape index (κ3) is 3.39. The van der Waals surface area contributed by atoms with Crippen LogP contribution in [0.5, 0.6) is 0 Å². The number of hydrogen-bond acceptors (Lipinski definition) is 3. The van der Waals surface area contributed by atoms with Crippen molar-refractivity contribution in [3.63, 3.8) is 0 Å². The van der Waals surface area contributed by atoms with Crippen molar-refractivity contribution in [2.45, 2.75) is 38.6 Å². The second kappa shape index (κ2) is 5.95. The van der Waals surface area contributed by atoms with E-state index in [9.17, 15) is 9.59 Å². The smallest absolute Gasteiger partial charge is 0.248 e. The predicted molar refractivity (Wildman–Crippen MR) is 76.1 cm³/mol. The van der Waals surface area contributed by atoms with Gasteiger partial charge in [-0.3, -0.25) is 9.59 Å². The molecule has 0 aromatic carbocycles. The molecule has 0 bridgehead atoms. The standard InChI is InChI=1S/C15H24N2O3/c1-11(2)10-20-9-8-17-7-6-13(18)16-15(3,14(17)19)12-4-5-12/h12H,1,4-10H2,2-3H3,(H,16,18). The molecular formula is C15H24N2O3. The third-order valence-corrected chi connectivity index (χ3v) is 3.99. The minimum absolute atomic E-state index is 0.0295. The number of carbonyl (C=O) groups is 2. The molecule has 2 fully saturated rings.